The summed E-state index contributed by atoms with van der Waals surface area (Å²) in [4.78, 5) is 20.3. The van der Waals surface area contributed by atoms with Gasteiger partial charge in [-0.25, -0.2) is 18.4 Å². The van der Waals surface area contributed by atoms with Gasteiger partial charge in [0, 0.05) is 24.4 Å². The van der Waals surface area contributed by atoms with Gasteiger partial charge in [-0.15, -0.1) is 0 Å². The summed E-state index contributed by atoms with van der Waals surface area (Å²) >= 11 is 3.38. The minimum Gasteiger partial charge on any atom is -0.490 e. The molecule has 0 radical (unpaired) electrons. The lowest BCUT2D eigenvalue weighted by Gasteiger charge is -2.11. The van der Waals surface area contributed by atoms with E-state index in [-0.39, 0.29) is 22.5 Å². The van der Waals surface area contributed by atoms with Crippen molar-refractivity contribution in [3.63, 3.8) is 0 Å². The fourth-order valence-electron chi connectivity index (χ4n) is 2.62. The van der Waals surface area contributed by atoms with Gasteiger partial charge in [0.15, 0.2) is 0 Å². The molecule has 0 bridgehead atoms. The van der Waals surface area contributed by atoms with Gasteiger partial charge in [-0.1, -0.05) is 0 Å². The van der Waals surface area contributed by atoms with E-state index in [9.17, 15) is 13.2 Å². The second-order valence-electron chi connectivity index (χ2n) is 6.52. The van der Waals surface area contributed by atoms with Crippen LogP contribution >= 0.6 is 15.9 Å². The first-order valence-corrected chi connectivity index (χ1v) is 11.8. The van der Waals surface area contributed by atoms with E-state index >= 15 is 0 Å². The highest BCUT2D eigenvalue weighted by Crippen LogP contribution is 2.26. The number of amides is 1. The van der Waals surface area contributed by atoms with Crippen LogP contribution in [0.4, 0.5) is 11.5 Å². The highest BCUT2D eigenvalue weighted by molar-refractivity contribution is 9.10. The summed E-state index contributed by atoms with van der Waals surface area (Å²) in [6, 6.07) is 12.0. The molecule has 0 unspecified atom stereocenters. The van der Waals surface area contributed by atoms with Crippen molar-refractivity contribution in [3.8, 4) is 11.6 Å². The second-order valence-corrected chi connectivity index (χ2v) is 9.05. The monoisotopic (exact) mass is 536 g/mol. The number of hydrogen-bond acceptors (Lipinski definition) is 8. The van der Waals surface area contributed by atoms with Crippen molar-refractivity contribution in [3.05, 3.63) is 64.9 Å². The fraction of sp³-hybridized carbons (Fsp3) is 0.190. The van der Waals surface area contributed by atoms with E-state index < -0.39 is 10.0 Å². The average molecular weight is 537 g/mol. The summed E-state index contributed by atoms with van der Waals surface area (Å²) in [6.07, 6.45) is 1.19. The Morgan fingerprint density at radius 2 is 1.79 bits per heavy atom. The molecule has 0 aliphatic carbocycles. The van der Waals surface area contributed by atoms with E-state index in [1.807, 2.05) is 0 Å². The van der Waals surface area contributed by atoms with Crippen LogP contribution in [0.3, 0.4) is 0 Å². The predicted octanol–water partition coefficient (Wildman–Crippen LogP) is 3.33. The van der Waals surface area contributed by atoms with Crippen LogP contribution in [0, 0.1) is 0 Å². The number of carbonyl (C=O) groups excluding carboxylic acids is 1. The van der Waals surface area contributed by atoms with Crippen LogP contribution in [0.5, 0.6) is 11.6 Å². The average Bonchev–Trinajstić information content (AvgIpc) is 2.80. The van der Waals surface area contributed by atoms with Crippen molar-refractivity contribution in [1.29, 1.82) is 0 Å². The molecule has 1 amide bonds. The molecule has 0 aliphatic heterocycles. The molecular formula is C21H21BrN4O6S. The maximum absolute atomic E-state index is 12.6. The minimum atomic E-state index is -3.89. The van der Waals surface area contributed by atoms with Crippen LogP contribution in [-0.2, 0) is 14.8 Å². The van der Waals surface area contributed by atoms with Crippen LogP contribution < -0.4 is 19.5 Å². The van der Waals surface area contributed by atoms with Gasteiger partial charge in [0.25, 0.3) is 15.9 Å². The Hall–Kier alpha value is -3.22. The standard InChI is InChI=1S/C21H21BrN4O6S/c1-30-9-10-32-18-8-3-14(11-17(18)22)21(27)25-15-4-6-16(7-5-15)33(28,29)26-19-12-20(31-2)24-13-23-19/h3-8,11-13H,9-10H2,1-2H3,(H,25,27)(H,23,24,26). The molecule has 0 spiro atoms. The smallest absolute Gasteiger partial charge is 0.263 e. The second kappa shape index (κ2) is 11.1. The predicted molar refractivity (Wildman–Crippen MR) is 125 cm³/mol. The van der Waals surface area contributed by atoms with Gasteiger partial charge in [-0.3, -0.25) is 9.52 Å². The summed E-state index contributed by atoms with van der Waals surface area (Å²) in [7, 11) is -0.896. The quantitative estimate of drug-likeness (QED) is 0.377. The number of nitrogens with one attached hydrogen (secondary N) is 2. The first-order chi connectivity index (χ1) is 15.8. The van der Waals surface area contributed by atoms with E-state index in [4.69, 9.17) is 14.2 Å². The number of sulfonamides is 1. The van der Waals surface area contributed by atoms with Crippen molar-refractivity contribution in [2.45, 2.75) is 4.90 Å². The molecule has 12 heteroatoms. The van der Waals surface area contributed by atoms with Crippen molar-refractivity contribution in [2.75, 3.05) is 37.5 Å². The largest absolute Gasteiger partial charge is 0.490 e. The Morgan fingerprint density at radius 1 is 1.03 bits per heavy atom. The van der Waals surface area contributed by atoms with Crippen molar-refractivity contribution < 1.29 is 27.4 Å². The van der Waals surface area contributed by atoms with Crippen LogP contribution in [0.25, 0.3) is 0 Å². The highest BCUT2D eigenvalue weighted by atomic mass is 79.9. The topological polar surface area (TPSA) is 129 Å². The van der Waals surface area contributed by atoms with Gasteiger partial charge in [0.1, 0.15) is 24.5 Å². The number of halogens is 1. The lowest BCUT2D eigenvalue weighted by Crippen LogP contribution is -2.15. The van der Waals surface area contributed by atoms with Gasteiger partial charge < -0.3 is 19.5 Å². The number of nitrogens with zero attached hydrogens (tertiary/aromatic N) is 2. The zero-order chi connectivity index (χ0) is 23.8. The maximum Gasteiger partial charge on any atom is 0.263 e. The molecule has 1 heterocycles. The maximum atomic E-state index is 12.6. The third kappa shape index (κ3) is 6.63. The molecule has 10 nitrogen and oxygen atoms in total. The van der Waals surface area contributed by atoms with Crippen molar-refractivity contribution in [1.82, 2.24) is 9.97 Å². The summed E-state index contributed by atoms with van der Waals surface area (Å²) in [5, 5.41) is 2.73. The van der Waals surface area contributed by atoms with Crippen molar-refractivity contribution >= 4 is 43.4 Å². The summed E-state index contributed by atoms with van der Waals surface area (Å²) < 4.78 is 43.6. The third-order valence-electron chi connectivity index (χ3n) is 4.25. The number of anilines is 2. The van der Waals surface area contributed by atoms with Crippen molar-refractivity contribution in [2.24, 2.45) is 0 Å². The Bertz CT molecular complexity index is 1220. The van der Waals surface area contributed by atoms with Gasteiger partial charge >= 0.3 is 0 Å². The lowest BCUT2D eigenvalue weighted by molar-refractivity contribution is 0.102. The van der Waals surface area contributed by atoms with Gasteiger partial charge in [0.05, 0.1) is 23.1 Å². The molecule has 3 aromatic rings. The van der Waals surface area contributed by atoms with E-state index in [0.717, 1.165) is 0 Å². The molecule has 0 fully saturated rings. The number of rotatable bonds is 10. The lowest BCUT2D eigenvalue weighted by atomic mass is 10.2. The number of hydrogen-bond donors (Lipinski definition) is 2. The van der Waals surface area contributed by atoms with Crippen LogP contribution in [0.2, 0.25) is 0 Å². The summed E-state index contributed by atoms with van der Waals surface area (Å²) in [5.41, 5.74) is 0.830. The summed E-state index contributed by atoms with van der Waals surface area (Å²) in [6.45, 7) is 0.832. The highest BCUT2D eigenvalue weighted by Gasteiger charge is 2.16. The Kier molecular flexibility index (Phi) is 8.20. The molecule has 33 heavy (non-hydrogen) atoms. The minimum absolute atomic E-state index is 0.00150. The zero-order valence-electron chi connectivity index (χ0n) is 17.7. The molecule has 2 N–H and O–H groups in total. The van der Waals surface area contributed by atoms with E-state index in [2.05, 4.69) is 35.9 Å². The Balaban J connectivity index is 1.66. The first kappa shape index (κ1) is 24.4. The van der Waals surface area contributed by atoms with Crippen LogP contribution in [-0.4, -0.2) is 51.7 Å². The van der Waals surface area contributed by atoms with Crippen LogP contribution in [0.15, 0.2) is 64.2 Å². The van der Waals surface area contributed by atoms with E-state index in [0.29, 0.717) is 34.7 Å². The number of benzene rings is 2. The van der Waals surface area contributed by atoms with Gasteiger partial charge in [0.2, 0.25) is 5.88 Å². The van der Waals surface area contributed by atoms with Gasteiger partial charge in [-0.2, -0.15) is 0 Å². The Labute approximate surface area is 199 Å². The zero-order valence-corrected chi connectivity index (χ0v) is 20.1. The number of carbonyl (C=O) groups is 1. The normalized spacial score (nSPS) is 11.0. The molecule has 0 atom stereocenters. The molecule has 0 aliphatic rings. The molecule has 2 aromatic carbocycles. The fourth-order valence-corrected chi connectivity index (χ4v) is 4.11. The van der Waals surface area contributed by atoms with E-state index in [1.165, 1.54) is 43.8 Å². The molecule has 1 aromatic heterocycles. The third-order valence-corrected chi connectivity index (χ3v) is 6.24. The summed E-state index contributed by atoms with van der Waals surface area (Å²) in [5.74, 6) is 0.523. The first-order valence-electron chi connectivity index (χ1n) is 9.54. The SMILES string of the molecule is COCCOc1ccc(C(=O)Nc2ccc(S(=O)(=O)Nc3cc(OC)ncn3)cc2)cc1Br. The van der Waals surface area contributed by atoms with Gasteiger partial charge in [-0.05, 0) is 58.4 Å². The molecule has 3 rings (SSSR count). The van der Waals surface area contributed by atoms with E-state index in [1.54, 1.807) is 25.3 Å². The molecule has 0 saturated carbocycles. The molecule has 0 saturated heterocycles. The number of aromatic nitrogens is 2. The number of ether oxygens (including phenoxy) is 3. The van der Waals surface area contributed by atoms with Crippen LogP contribution in [0.1, 0.15) is 10.4 Å². The molecule has 174 valence electrons. The molecular weight excluding hydrogens is 516 g/mol. The number of methoxy groups -OCH3 is 2. The Morgan fingerprint density at radius 3 is 2.45 bits per heavy atom.